The zero-order chi connectivity index (χ0) is 11.8. The van der Waals surface area contributed by atoms with Gasteiger partial charge in [0, 0.05) is 11.1 Å². The van der Waals surface area contributed by atoms with E-state index < -0.39 is 0 Å². The molecule has 2 nitrogen and oxygen atoms in total. The van der Waals surface area contributed by atoms with E-state index in [1.165, 1.54) is 6.08 Å². The number of ether oxygens (including phenoxy) is 1. The molecular weight excluding hydrogens is 224 g/mol. The summed E-state index contributed by atoms with van der Waals surface area (Å²) < 4.78 is 4.98. The Bertz CT molecular complexity index is 355. The van der Waals surface area contributed by atoms with Crippen molar-refractivity contribution < 1.29 is 9.53 Å². The van der Waals surface area contributed by atoms with Gasteiger partial charge >= 0.3 is 5.97 Å². The van der Waals surface area contributed by atoms with Crippen LogP contribution in [-0.4, -0.2) is 12.6 Å². The molecule has 0 aliphatic heterocycles. The van der Waals surface area contributed by atoms with Crippen LogP contribution in [0.15, 0.2) is 30.3 Å². The van der Waals surface area contributed by atoms with Gasteiger partial charge in [-0.2, -0.15) is 0 Å². The van der Waals surface area contributed by atoms with Gasteiger partial charge in [-0.05, 0) is 30.2 Å². The maximum atomic E-state index is 11.2. The summed E-state index contributed by atoms with van der Waals surface area (Å²) in [6, 6.07) is 7.25. The molecule has 1 aromatic carbocycles. The van der Waals surface area contributed by atoms with Gasteiger partial charge in [-0.1, -0.05) is 37.1 Å². The number of halogens is 1. The molecule has 0 aromatic heterocycles. The molecule has 0 radical (unpaired) electrons. The number of rotatable bonds is 5. The Balaban J connectivity index is 2.41. The summed E-state index contributed by atoms with van der Waals surface area (Å²) in [7, 11) is 0. The van der Waals surface area contributed by atoms with E-state index in [9.17, 15) is 4.79 Å². The van der Waals surface area contributed by atoms with Crippen molar-refractivity contribution in [2.45, 2.75) is 19.8 Å². The van der Waals surface area contributed by atoms with E-state index in [2.05, 4.69) is 6.92 Å². The standard InChI is InChI=1S/C13H15ClO2/c1-2-3-10-16-13(15)9-6-11-4-7-12(14)8-5-11/h4-9H,2-3,10H2,1H3/b9-6+. The van der Waals surface area contributed by atoms with Gasteiger partial charge in [-0.3, -0.25) is 0 Å². The van der Waals surface area contributed by atoms with Crippen molar-refractivity contribution in [2.24, 2.45) is 0 Å². The van der Waals surface area contributed by atoms with Crippen LogP contribution in [0.2, 0.25) is 5.02 Å². The highest BCUT2D eigenvalue weighted by Crippen LogP contribution is 2.10. The molecule has 1 aromatic rings. The SMILES string of the molecule is CCCCOC(=O)/C=C/c1ccc(Cl)cc1. The van der Waals surface area contributed by atoms with Crippen LogP contribution in [0.1, 0.15) is 25.3 Å². The Morgan fingerprint density at radius 3 is 2.69 bits per heavy atom. The maximum absolute atomic E-state index is 11.2. The van der Waals surface area contributed by atoms with Crippen molar-refractivity contribution in [3.8, 4) is 0 Å². The molecule has 0 aliphatic rings. The minimum Gasteiger partial charge on any atom is -0.463 e. The van der Waals surface area contributed by atoms with Gasteiger partial charge < -0.3 is 4.74 Å². The summed E-state index contributed by atoms with van der Waals surface area (Å²) in [5, 5.41) is 0.683. The molecule has 0 aliphatic carbocycles. The zero-order valence-corrected chi connectivity index (χ0v) is 10.0. The largest absolute Gasteiger partial charge is 0.463 e. The van der Waals surface area contributed by atoms with Crippen LogP contribution in [0.5, 0.6) is 0 Å². The molecule has 0 bridgehead atoms. The fraction of sp³-hybridized carbons (Fsp3) is 0.308. The molecule has 0 spiro atoms. The van der Waals surface area contributed by atoms with E-state index >= 15 is 0 Å². The van der Waals surface area contributed by atoms with Gasteiger partial charge in [-0.25, -0.2) is 4.79 Å². The predicted molar refractivity (Wildman–Crippen MR) is 66.4 cm³/mol. The quantitative estimate of drug-likeness (QED) is 0.444. The lowest BCUT2D eigenvalue weighted by atomic mass is 10.2. The van der Waals surface area contributed by atoms with Crippen molar-refractivity contribution in [1.82, 2.24) is 0 Å². The van der Waals surface area contributed by atoms with Gasteiger partial charge in [0.15, 0.2) is 0 Å². The Morgan fingerprint density at radius 2 is 2.06 bits per heavy atom. The Labute approximate surface area is 101 Å². The van der Waals surface area contributed by atoms with Crippen LogP contribution < -0.4 is 0 Å². The lowest BCUT2D eigenvalue weighted by molar-refractivity contribution is -0.137. The number of benzene rings is 1. The fourth-order valence-electron chi connectivity index (χ4n) is 1.10. The van der Waals surface area contributed by atoms with Gasteiger partial charge in [0.1, 0.15) is 0 Å². The van der Waals surface area contributed by atoms with Crippen LogP contribution in [-0.2, 0) is 9.53 Å². The first kappa shape index (κ1) is 12.8. The molecule has 0 amide bonds. The van der Waals surface area contributed by atoms with Crippen LogP contribution in [0.25, 0.3) is 6.08 Å². The second-order valence-electron chi connectivity index (χ2n) is 3.41. The van der Waals surface area contributed by atoms with E-state index in [1.807, 2.05) is 12.1 Å². The fourth-order valence-corrected chi connectivity index (χ4v) is 1.23. The maximum Gasteiger partial charge on any atom is 0.330 e. The smallest absolute Gasteiger partial charge is 0.330 e. The molecule has 1 rings (SSSR count). The average Bonchev–Trinajstić information content (AvgIpc) is 2.29. The van der Waals surface area contributed by atoms with Crippen molar-refractivity contribution in [3.05, 3.63) is 40.9 Å². The van der Waals surface area contributed by atoms with E-state index in [4.69, 9.17) is 16.3 Å². The predicted octanol–water partition coefficient (Wildman–Crippen LogP) is 3.70. The van der Waals surface area contributed by atoms with Gasteiger partial charge in [-0.15, -0.1) is 0 Å². The third kappa shape index (κ3) is 4.99. The first-order chi connectivity index (χ1) is 7.72. The molecule has 0 N–H and O–H groups in total. The van der Waals surface area contributed by atoms with Crippen molar-refractivity contribution >= 4 is 23.6 Å². The minimum atomic E-state index is -0.302. The lowest BCUT2D eigenvalue weighted by Crippen LogP contribution is -2.01. The zero-order valence-electron chi connectivity index (χ0n) is 9.28. The van der Waals surface area contributed by atoms with Crippen molar-refractivity contribution in [3.63, 3.8) is 0 Å². The number of unbranched alkanes of at least 4 members (excludes halogenated alkanes) is 1. The molecule has 86 valence electrons. The van der Waals surface area contributed by atoms with Crippen LogP contribution in [0.3, 0.4) is 0 Å². The summed E-state index contributed by atoms with van der Waals surface area (Å²) in [5.41, 5.74) is 0.928. The first-order valence-electron chi connectivity index (χ1n) is 5.33. The third-order valence-electron chi connectivity index (χ3n) is 2.02. The molecule has 0 unspecified atom stereocenters. The van der Waals surface area contributed by atoms with E-state index in [-0.39, 0.29) is 5.97 Å². The second-order valence-corrected chi connectivity index (χ2v) is 3.84. The minimum absolute atomic E-state index is 0.302. The Kier molecular flexibility index (Phi) is 5.65. The highest BCUT2D eigenvalue weighted by Gasteiger charge is 1.95. The van der Waals surface area contributed by atoms with Crippen LogP contribution >= 0.6 is 11.6 Å². The number of carbonyl (C=O) groups is 1. The number of carbonyl (C=O) groups excluding carboxylic acids is 1. The molecule has 0 fully saturated rings. The lowest BCUT2D eigenvalue weighted by Gasteiger charge is -1.99. The average molecular weight is 239 g/mol. The van der Waals surface area contributed by atoms with Crippen molar-refractivity contribution in [1.29, 1.82) is 0 Å². The van der Waals surface area contributed by atoms with E-state index in [1.54, 1.807) is 18.2 Å². The van der Waals surface area contributed by atoms with Gasteiger partial charge in [0.25, 0.3) is 0 Å². The van der Waals surface area contributed by atoms with E-state index in [0.717, 1.165) is 18.4 Å². The molecular formula is C13H15ClO2. The Hall–Kier alpha value is -1.28. The number of esters is 1. The first-order valence-corrected chi connectivity index (χ1v) is 5.70. The molecule has 0 saturated heterocycles. The normalized spacial score (nSPS) is 10.6. The second kappa shape index (κ2) is 7.07. The molecule has 3 heteroatoms. The molecule has 16 heavy (non-hydrogen) atoms. The molecule has 0 atom stereocenters. The topological polar surface area (TPSA) is 26.3 Å². The van der Waals surface area contributed by atoms with Crippen LogP contribution in [0, 0.1) is 0 Å². The molecule has 0 saturated carbocycles. The van der Waals surface area contributed by atoms with Gasteiger partial charge in [0.05, 0.1) is 6.61 Å². The molecule has 0 heterocycles. The summed E-state index contributed by atoms with van der Waals surface area (Å²) >= 11 is 5.74. The highest BCUT2D eigenvalue weighted by atomic mass is 35.5. The third-order valence-corrected chi connectivity index (χ3v) is 2.28. The summed E-state index contributed by atoms with van der Waals surface area (Å²) in [5.74, 6) is -0.302. The van der Waals surface area contributed by atoms with Gasteiger partial charge in [0.2, 0.25) is 0 Å². The summed E-state index contributed by atoms with van der Waals surface area (Å²) in [4.78, 5) is 11.2. The number of hydrogen-bond acceptors (Lipinski definition) is 2. The van der Waals surface area contributed by atoms with E-state index in [0.29, 0.717) is 11.6 Å². The van der Waals surface area contributed by atoms with Crippen molar-refractivity contribution in [2.75, 3.05) is 6.61 Å². The highest BCUT2D eigenvalue weighted by molar-refractivity contribution is 6.30. The summed E-state index contributed by atoms with van der Waals surface area (Å²) in [6.45, 7) is 2.54. The van der Waals surface area contributed by atoms with Crippen LogP contribution in [0.4, 0.5) is 0 Å². The summed E-state index contributed by atoms with van der Waals surface area (Å²) in [6.07, 6.45) is 5.07. The number of hydrogen-bond donors (Lipinski definition) is 0. The Morgan fingerprint density at radius 1 is 1.38 bits per heavy atom. The monoisotopic (exact) mass is 238 g/mol.